The molecule has 0 saturated heterocycles. The summed E-state index contributed by atoms with van der Waals surface area (Å²) in [7, 11) is 0. The van der Waals surface area contributed by atoms with Gasteiger partial charge >= 0.3 is 5.69 Å². The first-order chi connectivity index (χ1) is 14.7. The van der Waals surface area contributed by atoms with Crippen LogP contribution in [0.25, 0.3) is 15.9 Å². The molecule has 0 aliphatic carbocycles. The van der Waals surface area contributed by atoms with Crippen LogP contribution in [-0.4, -0.2) is 32.3 Å². The number of fused-ring (bicyclic) bond motifs is 3. The lowest BCUT2D eigenvalue weighted by Gasteiger charge is -2.25. The number of Topliss-reactive ketones (excluding diaryl/α,β-unsaturated/α-hetero) is 1. The second-order valence-corrected chi connectivity index (χ2v) is 9.49. The van der Waals surface area contributed by atoms with Gasteiger partial charge in [-0.15, -0.1) is 11.3 Å². The van der Waals surface area contributed by atoms with Crippen molar-refractivity contribution < 1.29 is 9.59 Å². The van der Waals surface area contributed by atoms with E-state index in [0.717, 1.165) is 10.4 Å². The van der Waals surface area contributed by atoms with Crippen molar-refractivity contribution in [2.45, 2.75) is 47.2 Å². The Hall–Kier alpha value is -3.00. The summed E-state index contributed by atoms with van der Waals surface area (Å²) < 4.78 is 2.85. The summed E-state index contributed by atoms with van der Waals surface area (Å²) in [6.07, 6.45) is 0.581. The minimum absolute atomic E-state index is 0.00105. The van der Waals surface area contributed by atoms with Crippen molar-refractivity contribution in [2.75, 3.05) is 6.54 Å². The monoisotopic (exact) mass is 439 g/mol. The molecule has 1 aromatic carbocycles. The third kappa shape index (κ3) is 3.65. The predicted molar refractivity (Wildman–Crippen MR) is 121 cm³/mol. The van der Waals surface area contributed by atoms with Crippen LogP contribution in [0.15, 0.2) is 33.9 Å². The Bertz CT molecular complexity index is 1330. The lowest BCUT2D eigenvalue weighted by molar-refractivity contribution is -0.129. The Balaban J connectivity index is 2.04. The van der Waals surface area contributed by atoms with Crippen molar-refractivity contribution in [1.29, 1.82) is 0 Å². The number of ketones is 1. The zero-order valence-corrected chi connectivity index (χ0v) is 18.9. The summed E-state index contributed by atoms with van der Waals surface area (Å²) in [5.74, 6) is 0.0695. The molecule has 7 nitrogen and oxygen atoms in total. The van der Waals surface area contributed by atoms with Gasteiger partial charge in [-0.2, -0.15) is 0 Å². The van der Waals surface area contributed by atoms with Gasteiger partial charge in [0.05, 0.1) is 17.6 Å². The number of benzene rings is 1. The SMILES string of the molecule is CC(=O)c1cccc(-n2c(=O)c3c4c(sc3n(CC(C)C)c2=O)CN(C(C)=O)CC4)c1. The van der Waals surface area contributed by atoms with Crippen LogP contribution in [0.2, 0.25) is 0 Å². The van der Waals surface area contributed by atoms with Crippen molar-refractivity contribution in [1.82, 2.24) is 14.0 Å². The second-order valence-electron chi connectivity index (χ2n) is 8.41. The van der Waals surface area contributed by atoms with E-state index in [1.165, 1.54) is 22.8 Å². The highest BCUT2D eigenvalue weighted by Gasteiger charge is 2.27. The highest BCUT2D eigenvalue weighted by Crippen LogP contribution is 2.33. The number of rotatable bonds is 4. The van der Waals surface area contributed by atoms with Gasteiger partial charge in [0.1, 0.15) is 4.83 Å². The molecule has 0 fully saturated rings. The van der Waals surface area contributed by atoms with E-state index in [2.05, 4.69) is 0 Å². The maximum atomic E-state index is 13.6. The van der Waals surface area contributed by atoms with Gasteiger partial charge < -0.3 is 4.90 Å². The fourth-order valence-corrected chi connectivity index (χ4v) is 5.45. The van der Waals surface area contributed by atoms with E-state index < -0.39 is 5.69 Å². The van der Waals surface area contributed by atoms with E-state index in [9.17, 15) is 19.2 Å². The lowest BCUT2D eigenvalue weighted by Crippen LogP contribution is -2.40. The molecule has 0 saturated carbocycles. The average Bonchev–Trinajstić information content (AvgIpc) is 3.10. The van der Waals surface area contributed by atoms with Gasteiger partial charge in [0.25, 0.3) is 5.56 Å². The normalized spacial score (nSPS) is 13.6. The molecular formula is C23H25N3O4S. The summed E-state index contributed by atoms with van der Waals surface area (Å²) in [5.41, 5.74) is 0.992. The van der Waals surface area contributed by atoms with Gasteiger partial charge in [0, 0.05) is 30.5 Å². The highest BCUT2D eigenvalue weighted by atomic mass is 32.1. The number of amides is 1. The fraction of sp³-hybridized carbons (Fsp3) is 0.391. The number of aromatic nitrogens is 2. The zero-order chi connectivity index (χ0) is 22.4. The summed E-state index contributed by atoms with van der Waals surface area (Å²) in [6.45, 7) is 8.53. The van der Waals surface area contributed by atoms with Crippen molar-refractivity contribution in [2.24, 2.45) is 5.92 Å². The number of nitrogens with zero attached hydrogens (tertiary/aromatic N) is 3. The van der Waals surface area contributed by atoms with Crippen molar-refractivity contribution in [3.05, 3.63) is 61.1 Å². The van der Waals surface area contributed by atoms with E-state index in [0.29, 0.717) is 47.5 Å². The van der Waals surface area contributed by atoms with Gasteiger partial charge in [0.15, 0.2) is 5.78 Å². The van der Waals surface area contributed by atoms with Gasteiger partial charge in [-0.1, -0.05) is 26.0 Å². The maximum absolute atomic E-state index is 13.6. The van der Waals surface area contributed by atoms with Crippen LogP contribution in [0.5, 0.6) is 0 Å². The molecule has 31 heavy (non-hydrogen) atoms. The molecule has 0 unspecified atom stereocenters. The van der Waals surface area contributed by atoms with Crippen LogP contribution in [0, 0.1) is 5.92 Å². The Morgan fingerprint density at radius 2 is 1.90 bits per heavy atom. The minimum atomic E-state index is -0.408. The number of thiophene rings is 1. The number of carbonyl (C=O) groups is 2. The molecule has 3 aromatic rings. The summed E-state index contributed by atoms with van der Waals surface area (Å²) in [4.78, 5) is 54.2. The largest absolute Gasteiger partial charge is 0.337 e. The molecule has 4 rings (SSSR count). The Morgan fingerprint density at radius 3 is 2.55 bits per heavy atom. The molecule has 1 aliphatic rings. The van der Waals surface area contributed by atoms with E-state index in [4.69, 9.17) is 0 Å². The zero-order valence-electron chi connectivity index (χ0n) is 18.1. The summed E-state index contributed by atoms with van der Waals surface area (Å²) in [6, 6.07) is 6.62. The van der Waals surface area contributed by atoms with Gasteiger partial charge in [-0.05, 0) is 37.0 Å². The molecule has 8 heteroatoms. The molecule has 162 valence electrons. The van der Waals surface area contributed by atoms with Crippen molar-refractivity contribution >= 4 is 33.2 Å². The molecule has 0 N–H and O–H groups in total. The quantitative estimate of drug-likeness (QED) is 0.586. The molecular weight excluding hydrogens is 414 g/mol. The molecule has 0 bridgehead atoms. The van der Waals surface area contributed by atoms with Gasteiger partial charge in [-0.3, -0.25) is 19.0 Å². The Labute approximate surface area is 183 Å². The third-order valence-corrected chi connectivity index (χ3v) is 6.87. The van der Waals surface area contributed by atoms with Crippen LogP contribution in [0.3, 0.4) is 0 Å². The smallest absolute Gasteiger partial charge is 0.336 e. The number of hydrogen-bond donors (Lipinski definition) is 0. The molecule has 0 atom stereocenters. The first-order valence-electron chi connectivity index (χ1n) is 10.4. The molecule has 2 aromatic heterocycles. The maximum Gasteiger partial charge on any atom is 0.336 e. The molecule has 1 amide bonds. The lowest BCUT2D eigenvalue weighted by atomic mass is 10.1. The van der Waals surface area contributed by atoms with Crippen LogP contribution in [-0.2, 0) is 24.3 Å². The Kier molecular flexibility index (Phi) is 5.43. The summed E-state index contributed by atoms with van der Waals surface area (Å²) in [5, 5.41) is 0.552. The second kappa shape index (κ2) is 7.92. The number of carbonyl (C=O) groups excluding carboxylic acids is 2. The van der Waals surface area contributed by atoms with Gasteiger partial charge in [-0.25, -0.2) is 9.36 Å². The molecule has 3 heterocycles. The molecule has 0 radical (unpaired) electrons. The first kappa shape index (κ1) is 21.2. The molecule has 1 aliphatic heterocycles. The topological polar surface area (TPSA) is 81.4 Å². The summed E-state index contributed by atoms with van der Waals surface area (Å²) >= 11 is 1.43. The standard InChI is InChI=1S/C23H25N3O4S/c1-13(2)11-25-22-20(18-8-9-24(15(4)28)12-19(18)31-22)21(29)26(23(25)30)17-7-5-6-16(10-17)14(3)27/h5-7,10,13H,8-9,11-12H2,1-4H3. The Morgan fingerprint density at radius 1 is 1.16 bits per heavy atom. The molecule has 0 spiro atoms. The van der Waals surface area contributed by atoms with Crippen molar-refractivity contribution in [3.63, 3.8) is 0 Å². The van der Waals surface area contributed by atoms with Crippen LogP contribution < -0.4 is 11.2 Å². The van der Waals surface area contributed by atoms with E-state index in [-0.39, 0.29) is 23.2 Å². The fourth-order valence-electron chi connectivity index (χ4n) is 4.09. The van der Waals surface area contributed by atoms with Crippen molar-refractivity contribution in [3.8, 4) is 5.69 Å². The van der Waals surface area contributed by atoms with E-state index in [1.54, 1.807) is 40.7 Å². The van der Waals surface area contributed by atoms with Crippen LogP contribution >= 0.6 is 11.3 Å². The third-order valence-electron chi connectivity index (χ3n) is 5.63. The average molecular weight is 440 g/mol. The van der Waals surface area contributed by atoms with Crippen LogP contribution in [0.1, 0.15) is 48.5 Å². The van der Waals surface area contributed by atoms with E-state index >= 15 is 0 Å². The predicted octanol–water partition coefficient (Wildman–Crippen LogP) is 2.98. The highest BCUT2D eigenvalue weighted by molar-refractivity contribution is 7.18. The van der Waals surface area contributed by atoms with Crippen LogP contribution in [0.4, 0.5) is 0 Å². The first-order valence-corrected chi connectivity index (χ1v) is 11.2. The van der Waals surface area contributed by atoms with E-state index in [1.807, 2.05) is 13.8 Å². The number of hydrogen-bond acceptors (Lipinski definition) is 5. The van der Waals surface area contributed by atoms with Gasteiger partial charge in [0.2, 0.25) is 5.91 Å². The minimum Gasteiger partial charge on any atom is -0.337 e.